The van der Waals surface area contributed by atoms with Gasteiger partial charge in [-0.25, -0.2) is 0 Å². The molecule has 0 spiro atoms. The van der Waals surface area contributed by atoms with Gasteiger partial charge in [0.25, 0.3) is 0 Å². The number of halogens is 1. The third-order valence-electron chi connectivity index (χ3n) is 3.04. The van der Waals surface area contributed by atoms with E-state index >= 15 is 0 Å². The van der Waals surface area contributed by atoms with Crippen molar-refractivity contribution in [3.8, 4) is 11.5 Å². The highest BCUT2D eigenvalue weighted by Crippen LogP contribution is 2.30. The minimum Gasteiger partial charge on any atom is -0.486 e. The van der Waals surface area contributed by atoms with Crippen LogP contribution in [0.2, 0.25) is 0 Å². The molecule has 0 amide bonds. The number of ether oxygens (including phenoxy) is 3. The van der Waals surface area contributed by atoms with Crippen molar-refractivity contribution in [3.05, 3.63) is 24.3 Å². The highest BCUT2D eigenvalue weighted by molar-refractivity contribution is 9.09. The van der Waals surface area contributed by atoms with E-state index in [1.807, 2.05) is 24.3 Å². The average molecular weight is 329 g/mol. The lowest BCUT2D eigenvalue weighted by atomic mass is 10.2. The predicted octanol–water partition coefficient (Wildman–Crippen LogP) is 3.80. The molecule has 2 rings (SSSR count). The number of rotatable bonds is 8. The number of hydrogen-bond donors (Lipinski definition) is 0. The summed E-state index contributed by atoms with van der Waals surface area (Å²) in [4.78, 5) is 0. The number of hydrogen-bond acceptors (Lipinski definition) is 3. The third kappa shape index (κ3) is 5.03. The van der Waals surface area contributed by atoms with E-state index in [4.69, 9.17) is 14.2 Å². The fourth-order valence-corrected chi connectivity index (χ4v) is 2.41. The van der Waals surface area contributed by atoms with E-state index in [1.165, 1.54) is 19.3 Å². The van der Waals surface area contributed by atoms with Gasteiger partial charge in [-0.3, -0.25) is 0 Å². The first kappa shape index (κ1) is 14.7. The van der Waals surface area contributed by atoms with Crippen molar-refractivity contribution in [3.63, 3.8) is 0 Å². The van der Waals surface area contributed by atoms with Crippen LogP contribution in [-0.4, -0.2) is 31.3 Å². The summed E-state index contributed by atoms with van der Waals surface area (Å²) in [6.07, 6.45) is 4.88. The molecule has 0 saturated carbocycles. The minimum atomic E-state index is 0.0115. The van der Waals surface area contributed by atoms with Gasteiger partial charge in [0.05, 0.1) is 6.61 Å². The van der Waals surface area contributed by atoms with Crippen LogP contribution in [0.5, 0.6) is 11.5 Å². The van der Waals surface area contributed by atoms with Crippen LogP contribution >= 0.6 is 15.9 Å². The van der Waals surface area contributed by atoms with E-state index < -0.39 is 0 Å². The molecule has 4 heteroatoms. The first-order valence-electron chi connectivity index (χ1n) is 6.92. The summed E-state index contributed by atoms with van der Waals surface area (Å²) < 4.78 is 17.1. The molecular formula is C15H21BrO3. The van der Waals surface area contributed by atoms with Crippen LogP contribution in [0.3, 0.4) is 0 Å². The van der Waals surface area contributed by atoms with E-state index in [0.29, 0.717) is 13.2 Å². The molecule has 19 heavy (non-hydrogen) atoms. The Morgan fingerprint density at radius 3 is 2.74 bits per heavy atom. The first-order chi connectivity index (χ1) is 9.40. The highest BCUT2D eigenvalue weighted by atomic mass is 79.9. The van der Waals surface area contributed by atoms with Gasteiger partial charge >= 0.3 is 0 Å². The van der Waals surface area contributed by atoms with Crippen molar-refractivity contribution in [2.45, 2.75) is 31.8 Å². The molecule has 1 aromatic carbocycles. The second-order valence-corrected chi connectivity index (χ2v) is 5.47. The van der Waals surface area contributed by atoms with Crippen LogP contribution in [0.1, 0.15) is 25.7 Å². The number of alkyl halides is 1. The molecule has 0 N–H and O–H groups in total. The molecule has 1 unspecified atom stereocenters. The van der Waals surface area contributed by atoms with Crippen molar-refractivity contribution in [1.29, 1.82) is 0 Å². The van der Waals surface area contributed by atoms with Crippen LogP contribution in [-0.2, 0) is 4.74 Å². The number of benzene rings is 1. The second kappa shape index (κ2) is 8.43. The molecule has 1 aromatic rings. The fraction of sp³-hybridized carbons (Fsp3) is 0.600. The second-order valence-electron chi connectivity index (χ2n) is 4.68. The highest BCUT2D eigenvalue weighted by Gasteiger charge is 2.20. The molecular weight excluding hydrogens is 308 g/mol. The topological polar surface area (TPSA) is 27.7 Å². The Balaban J connectivity index is 1.58. The zero-order valence-electron chi connectivity index (χ0n) is 11.1. The van der Waals surface area contributed by atoms with Gasteiger partial charge in [-0.15, -0.1) is 0 Å². The lowest BCUT2D eigenvalue weighted by Crippen LogP contribution is -2.33. The van der Waals surface area contributed by atoms with E-state index in [0.717, 1.165) is 29.9 Å². The lowest BCUT2D eigenvalue weighted by molar-refractivity contribution is 0.00781. The molecule has 1 heterocycles. The Bertz CT molecular complexity index is 370. The van der Waals surface area contributed by atoms with Gasteiger partial charge in [0.1, 0.15) is 6.61 Å². The zero-order valence-corrected chi connectivity index (χ0v) is 12.7. The molecule has 0 bridgehead atoms. The van der Waals surface area contributed by atoms with Gasteiger partial charge in [-0.2, -0.15) is 0 Å². The molecule has 0 aliphatic carbocycles. The maximum atomic E-state index is 5.82. The quantitative estimate of drug-likeness (QED) is 0.536. The zero-order chi connectivity index (χ0) is 13.3. The largest absolute Gasteiger partial charge is 0.486 e. The Kier molecular flexibility index (Phi) is 6.51. The maximum absolute atomic E-state index is 5.82. The summed E-state index contributed by atoms with van der Waals surface area (Å²) >= 11 is 3.44. The third-order valence-corrected chi connectivity index (χ3v) is 3.60. The summed E-state index contributed by atoms with van der Waals surface area (Å²) in [6, 6.07) is 7.76. The van der Waals surface area contributed by atoms with Crippen molar-refractivity contribution < 1.29 is 14.2 Å². The van der Waals surface area contributed by atoms with Crippen LogP contribution in [0.25, 0.3) is 0 Å². The normalized spacial score (nSPS) is 17.4. The van der Waals surface area contributed by atoms with Gasteiger partial charge in [-0.1, -0.05) is 40.9 Å². The maximum Gasteiger partial charge on any atom is 0.161 e. The predicted molar refractivity (Wildman–Crippen MR) is 79.4 cm³/mol. The van der Waals surface area contributed by atoms with Gasteiger partial charge in [-0.05, 0) is 25.0 Å². The summed E-state index contributed by atoms with van der Waals surface area (Å²) in [6.45, 7) is 1.98. The molecule has 0 saturated heterocycles. The van der Waals surface area contributed by atoms with Crippen molar-refractivity contribution in [2.75, 3.05) is 25.2 Å². The lowest BCUT2D eigenvalue weighted by Gasteiger charge is -2.26. The van der Waals surface area contributed by atoms with Gasteiger partial charge in [0.2, 0.25) is 0 Å². The monoisotopic (exact) mass is 328 g/mol. The Hall–Kier alpha value is -0.740. The van der Waals surface area contributed by atoms with E-state index in [-0.39, 0.29) is 6.10 Å². The Morgan fingerprint density at radius 1 is 1.11 bits per heavy atom. The Morgan fingerprint density at radius 2 is 1.89 bits per heavy atom. The molecule has 1 aliphatic rings. The smallest absolute Gasteiger partial charge is 0.161 e. The Labute approximate surface area is 123 Å². The first-order valence-corrected chi connectivity index (χ1v) is 8.04. The van der Waals surface area contributed by atoms with Crippen LogP contribution < -0.4 is 9.47 Å². The van der Waals surface area contributed by atoms with E-state index in [9.17, 15) is 0 Å². The number of fused-ring (bicyclic) bond motifs is 1. The number of unbranched alkanes of at least 4 members (excludes halogenated alkanes) is 3. The van der Waals surface area contributed by atoms with Gasteiger partial charge in [0, 0.05) is 11.9 Å². The molecule has 0 aromatic heterocycles. The molecule has 1 aliphatic heterocycles. The summed E-state index contributed by atoms with van der Waals surface area (Å²) in [7, 11) is 0. The van der Waals surface area contributed by atoms with Crippen LogP contribution in [0.4, 0.5) is 0 Å². The van der Waals surface area contributed by atoms with E-state index in [1.54, 1.807) is 0 Å². The molecule has 3 nitrogen and oxygen atoms in total. The minimum absolute atomic E-state index is 0.0115. The molecule has 106 valence electrons. The van der Waals surface area contributed by atoms with Crippen molar-refractivity contribution in [2.24, 2.45) is 0 Å². The fourth-order valence-electron chi connectivity index (χ4n) is 2.01. The number of para-hydroxylation sites is 2. The van der Waals surface area contributed by atoms with Crippen molar-refractivity contribution >= 4 is 15.9 Å². The summed E-state index contributed by atoms with van der Waals surface area (Å²) in [5.74, 6) is 1.65. The summed E-state index contributed by atoms with van der Waals surface area (Å²) in [5.41, 5.74) is 0. The SMILES string of the molecule is BrCCCCCCOCC1COc2ccccc2O1. The molecule has 0 radical (unpaired) electrons. The average Bonchev–Trinajstić information content (AvgIpc) is 2.46. The van der Waals surface area contributed by atoms with Gasteiger partial charge in [0.15, 0.2) is 17.6 Å². The standard InChI is InChI=1S/C15H21BrO3/c16-9-5-1-2-6-10-17-11-13-12-18-14-7-3-4-8-15(14)19-13/h3-4,7-8,13H,1-2,5-6,9-12H2. The summed E-state index contributed by atoms with van der Waals surface area (Å²) in [5, 5.41) is 1.10. The molecule has 0 fully saturated rings. The van der Waals surface area contributed by atoms with E-state index in [2.05, 4.69) is 15.9 Å². The van der Waals surface area contributed by atoms with Crippen molar-refractivity contribution in [1.82, 2.24) is 0 Å². The molecule has 1 atom stereocenters. The van der Waals surface area contributed by atoms with Crippen LogP contribution in [0.15, 0.2) is 24.3 Å². The van der Waals surface area contributed by atoms with Gasteiger partial charge < -0.3 is 14.2 Å². The van der Waals surface area contributed by atoms with Crippen LogP contribution in [0, 0.1) is 0 Å².